The quantitative estimate of drug-likeness (QED) is 0.718. The van der Waals surface area contributed by atoms with Gasteiger partial charge in [-0.15, -0.1) is 0 Å². The molecule has 2 fully saturated rings. The van der Waals surface area contributed by atoms with E-state index in [-0.39, 0.29) is 17.4 Å². The summed E-state index contributed by atoms with van der Waals surface area (Å²) in [7, 11) is 0. The Morgan fingerprint density at radius 2 is 1.93 bits per heavy atom. The van der Waals surface area contributed by atoms with Crippen LogP contribution in [-0.2, 0) is 4.79 Å². The number of piperidine rings is 1. The van der Waals surface area contributed by atoms with E-state index in [1.165, 1.54) is 0 Å². The van der Waals surface area contributed by atoms with Crippen molar-refractivity contribution in [1.82, 2.24) is 14.9 Å². The van der Waals surface area contributed by atoms with Gasteiger partial charge in [0.25, 0.3) is 0 Å². The summed E-state index contributed by atoms with van der Waals surface area (Å²) in [5, 5.41) is 3.24. The highest BCUT2D eigenvalue weighted by molar-refractivity contribution is 5.83. The molecule has 7 heteroatoms. The van der Waals surface area contributed by atoms with E-state index in [4.69, 9.17) is 0 Å². The molecule has 1 amide bonds. The van der Waals surface area contributed by atoms with Gasteiger partial charge in [-0.05, 0) is 43.7 Å². The molecule has 2 aliphatic rings. The predicted molar refractivity (Wildman–Crippen MR) is 105 cm³/mol. The lowest BCUT2D eigenvalue weighted by Crippen LogP contribution is -2.41. The molecule has 1 aliphatic heterocycles. The molecule has 1 N–H and O–H groups in total. The molecule has 0 aromatic carbocycles. The van der Waals surface area contributed by atoms with Crippen LogP contribution in [0.3, 0.4) is 0 Å². The van der Waals surface area contributed by atoms with Gasteiger partial charge in [0.1, 0.15) is 11.7 Å². The normalized spacial score (nSPS) is 23.0. The molecular weight excluding hydrogens is 362 g/mol. The summed E-state index contributed by atoms with van der Waals surface area (Å²) in [6, 6.07) is 0. The van der Waals surface area contributed by atoms with Crippen LogP contribution >= 0.6 is 0 Å². The van der Waals surface area contributed by atoms with Crippen LogP contribution in [0.5, 0.6) is 0 Å². The number of carbonyl (C=O) groups is 1. The molecule has 150 valence electrons. The maximum atomic E-state index is 13.8. The third-order valence-corrected chi connectivity index (χ3v) is 5.46. The highest BCUT2D eigenvalue weighted by Gasteiger charge is 2.49. The summed E-state index contributed by atoms with van der Waals surface area (Å²) < 4.78 is 27.4. The van der Waals surface area contributed by atoms with Gasteiger partial charge < -0.3 is 10.2 Å². The Bertz CT molecular complexity index is 782. The van der Waals surface area contributed by atoms with Crippen LogP contribution < -0.4 is 5.32 Å². The number of nitrogens with zero attached hydrogens (tertiary/aromatic N) is 3. The Kier molecular flexibility index (Phi) is 6.21. The molecule has 1 aromatic heterocycles. The molecule has 2 unspecified atom stereocenters. The number of carbonyl (C=O) groups excluding carboxylic acids is 1. The number of likely N-dealkylation sites (tertiary alicyclic amines) is 1. The monoisotopic (exact) mass is 388 g/mol. The zero-order valence-corrected chi connectivity index (χ0v) is 16.1. The van der Waals surface area contributed by atoms with Crippen LogP contribution in [0, 0.1) is 24.7 Å². The van der Waals surface area contributed by atoms with Crippen molar-refractivity contribution in [3.63, 3.8) is 0 Å². The number of amides is 1. The van der Waals surface area contributed by atoms with E-state index < -0.39 is 17.6 Å². The fraction of sp³-hybridized carbons (Fsp3) is 0.476. The summed E-state index contributed by atoms with van der Waals surface area (Å²) in [6.45, 7) is 10.5. The fourth-order valence-electron chi connectivity index (χ4n) is 3.72. The van der Waals surface area contributed by atoms with Crippen molar-refractivity contribution in [2.75, 3.05) is 25.0 Å². The topological polar surface area (TPSA) is 58.1 Å². The van der Waals surface area contributed by atoms with E-state index in [0.29, 0.717) is 31.4 Å². The summed E-state index contributed by atoms with van der Waals surface area (Å²) >= 11 is 0. The maximum absolute atomic E-state index is 13.8. The van der Waals surface area contributed by atoms with Crippen LogP contribution in [0.1, 0.15) is 24.8 Å². The lowest BCUT2D eigenvalue weighted by Gasteiger charge is -2.32. The van der Waals surface area contributed by atoms with Crippen molar-refractivity contribution in [3.05, 3.63) is 54.4 Å². The van der Waals surface area contributed by atoms with Crippen molar-refractivity contribution in [1.29, 1.82) is 0 Å². The summed E-state index contributed by atoms with van der Waals surface area (Å²) in [5.41, 5.74) is 0.906. The lowest BCUT2D eigenvalue weighted by molar-refractivity contribution is -0.134. The molecule has 5 nitrogen and oxygen atoms in total. The van der Waals surface area contributed by atoms with Crippen molar-refractivity contribution >= 4 is 11.9 Å². The van der Waals surface area contributed by atoms with Crippen LogP contribution in [0.4, 0.5) is 14.7 Å². The van der Waals surface area contributed by atoms with Gasteiger partial charge in [0.2, 0.25) is 11.9 Å². The minimum Gasteiger partial charge on any atom is -0.354 e. The molecule has 1 aliphatic carbocycles. The van der Waals surface area contributed by atoms with Crippen LogP contribution in [0.2, 0.25) is 0 Å². The second kappa shape index (κ2) is 8.63. The van der Waals surface area contributed by atoms with Crippen molar-refractivity contribution in [2.24, 2.45) is 17.8 Å². The van der Waals surface area contributed by atoms with Gasteiger partial charge in [0.15, 0.2) is 0 Å². The molecule has 0 spiro atoms. The summed E-state index contributed by atoms with van der Waals surface area (Å²) in [6.07, 6.45) is 6.73. The number of anilines is 1. The first-order valence-electron chi connectivity index (χ1n) is 9.59. The van der Waals surface area contributed by atoms with E-state index in [9.17, 15) is 13.6 Å². The molecule has 1 saturated carbocycles. The highest BCUT2D eigenvalue weighted by Crippen LogP contribution is 2.49. The zero-order valence-electron chi connectivity index (χ0n) is 16.1. The third kappa shape index (κ3) is 4.64. The molecule has 0 bridgehead atoms. The molecular formula is C21H26F2N4O. The number of allylic oxidation sites excluding steroid dienone is 4. The number of aryl methyl sites for hydroxylation is 1. The first kappa shape index (κ1) is 20.2. The number of nitrogens with one attached hydrogen (secondary N) is 1. The predicted octanol–water partition coefficient (Wildman–Crippen LogP) is 3.96. The van der Waals surface area contributed by atoms with Crippen LogP contribution in [0.25, 0.3) is 0 Å². The average Bonchev–Trinajstić information content (AvgIpc) is 3.47. The first-order chi connectivity index (χ1) is 13.4. The molecule has 3 rings (SSSR count). The smallest absolute Gasteiger partial charge is 0.226 e. The first-order valence-corrected chi connectivity index (χ1v) is 9.59. The molecule has 2 atom stereocenters. The number of hydrogen-bond acceptors (Lipinski definition) is 4. The minimum atomic E-state index is -0.819. The van der Waals surface area contributed by atoms with E-state index in [0.717, 1.165) is 31.0 Å². The Balaban J connectivity index is 1.47. The second-order valence-electron chi connectivity index (χ2n) is 7.55. The standard InChI is InChI=1S/C21H26F2N4O/c1-4-18(23)19(14(3)22)16-9-17(16)20(28)27-7-5-15(6-8-27)12-26-21-24-10-13(2)11-25-21/h4,10-11,15-17H,1,3,5-9,12H2,2H3,(H,24,25,26)/b19-18-. The molecule has 2 heterocycles. The number of rotatable bonds is 7. The van der Waals surface area contributed by atoms with Gasteiger partial charge in [-0.25, -0.2) is 18.7 Å². The maximum Gasteiger partial charge on any atom is 0.226 e. The van der Waals surface area contributed by atoms with Crippen LogP contribution in [-0.4, -0.2) is 40.4 Å². The Morgan fingerprint density at radius 1 is 1.29 bits per heavy atom. The van der Waals surface area contributed by atoms with E-state index in [1.807, 2.05) is 11.8 Å². The second-order valence-corrected chi connectivity index (χ2v) is 7.55. The minimum absolute atomic E-state index is 0.0195. The van der Waals surface area contributed by atoms with E-state index >= 15 is 0 Å². The lowest BCUT2D eigenvalue weighted by atomic mass is 9.96. The summed E-state index contributed by atoms with van der Waals surface area (Å²) in [5.74, 6) is -1.31. The van der Waals surface area contributed by atoms with Gasteiger partial charge >= 0.3 is 0 Å². The zero-order chi connectivity index (χ0) is 20.3. The molecule has 28 heavy (non-hydrogen) atoms. The summed E-state index contributed by atoms with van der Waals surface area (Å²) in [4.78, 5) is 23.0. The highest BCUT2D eigenvalue weighted by atomic mass is 19.1. The Labute approximate surface area is 164 Å². The van der Waals surface area contributed by atoms with E-state index in [2.05, 4.69) is 28.4 Å². The van der Waals surface area contributed by atoms with Crippen molar-refractivity contribution < 1.29 is 13.6 Å². The van der Waals surface area contributed by atoms with Crippen molar-refractivity contribution in [2.45, 2.75) is 26.2 Å². The SMILES string of the molecule is C=C/C(F)=C(\C(=C)F)C1CC1C(=O)N1CCC(CNc2ncc(C)cn2)CC1. The molecule has 1 aromatic rings. The number of aromatic nitrogens is 2. The molecule has 0 radical (unpaired) electrons. The Hall–Kier alpha value is -2.57. The number of hydrogen-bond donors (Lipinski definition) is 1. The largest absolute Gasteiger partial charge is 0.354 e. The average molecular weight is 388 g/mol. The Morgan fingerprint density at radius 3 is 2.50 bits per heavy atom. The molecule has 1 saturated heterocycles. The van der Waals surface area contributed by atoms with Gasteiger partial charge in [-0.2, -0.15) is 0 Å². The van der Waals surface area contributed by atoms with E-state index in [1.54, 1.807) is 12.4 Å². The van der Waals surface area contributed by atoms with Crippen molar-refractivity contribution in [3.8, 4) is 0 Å². The third-order valence-electron chi connectivity index (χ3n) is 5.46. The fourth-order valence-corrected chi connectivity index (χ4v) is 3.72. The number of halogens is 2. The van der Waals surface area contributed by atoms with Crippen LogP contribution in [0.15, 0.2) is 48.9 Å². The van der Waals surface area contributed by atoms with Gasteiger partial charge in [0, 0.05) is 49.4 Å². The van der Waals surface area contributed by atoms with Gasteiger partial charge in [-0.1, -0.05) is 13.2 Å². The van der Waals surface area contributed by atoms with Gasteiger partial charge in [0.05, 0.1) is 0 Å². The van der Waals surface area contributed by atoms with Gasteiger partial charge in [-0.3, -0.25) is 4.79 Å².